The first-order valence-electron chi connectivity index (χ1n) is 4.95. The molecule has 0 bridgehead atoms. The lowest BCUT2D eigenvalue weighted by molar-refractivity contribution is 0.0695. The lowest BCUT2D eigenvalue weighted by Crippen LogP contribution is -2.05. The van der Waals surface area contributed by atoms with E-state index in [1.54, 1.807) is 0 Å². The van der Waals surface area contributed by atoms with Gasteiger partial charge in [0.05, 0.1) is 5.56 Å². The maximum Gasteiger partial charge on any atom is 0.336 e. The first-order chi connectivity index (χ1) is 6.60. The third-order valence-corrected chi connectivity index (χ3v) is 2.48. The Labute approximate surface area is 84.6 Å². The summed E-state index contributed by atoms with van der Waals surface area (Å²) >= 11 is 0. The molecule has 0 heterocycles. The maximum atomic E-state index is 11.0. The lowest BCUT2D eigenvalue weighted by atomic mass is 9.96. The Hall–Kier alpha value is -1.31. The number of carboxylic acids is 1. The number of hydrogen-bond acceptors (Lipinski definition) is 1. The summed E-state index contributed by atoms with van der Waals surface area (Å²) in [4.78, 5) is 11.0. The second kappa shape index (κ2) is 4.27. The largest absolute Gasteiger partial charge is 0.478 e. The van der Waals surface area contributed by atoms with Gasteiger partial charge in [-0.1, -0.05) is 26.0 Å². The van der Waals surface area contributed by atoms with Crippen molar-refractivity contribution < 1.29 is 9.90 Å². The first kappa shape index (κ1) is 10.8. The van der Waals surface area contributed by atoms with E-state index in [1.807, 2.05) is 26.0 Å². The van der Waals surface area contributed by atoms with Crippen molar-refractivity contribution in [1.29, 1.82) is 0 Å². The molecule has 76 valence electrons. The Bertz CT molecular complexity index is 354. The second-order valence-electron chi connectivity index (χ2n) is 3.46. The zero-order chi connectivity index (χ0) is 10.7. The van der Waals surface area contributed by atoms with Crippen LogP contribution < -0.4 is 0 Å². The van der Waals surface area contributed by atoms with E-state index in [0.717, 1.165) is 24.0 Å². The Morgan fingerprint density at radius 2 is 1.93 bits per heavy atom. The van der Waals surface area contributed by atoms with Crippen LogP contribution in [0.2, 0.25) is 0 Å². The van der Waals surface area contributed by atoms with Crippen molar-refractivity contribution in [1.82, 2.24) is 0 Å². The fraction of sp³-hybridized carbons (Fsp3) is 0.417. The van der Waals surface area contributed by atoms with Crippen LogP contribution in [0.1, 0.15) is 40.9 Å². The fourth-order valence-corrected chi connectivity index (χ4v) is 1.73. The zero-order valence-electron chi connectivity index (χ0n) is 8.92. The highest BCUT2D eigenvalue weighted by atomic mass is 16.4. The average molecular weight is 192 g/mol. The number of carbonyl (C=O) groups is 1. The Balaban J connectivity index is 3.34. The van der Waals surface area contributed by atoms with Crippen molar-refractivity contribution in [3.63, 3.8) is 0 Å². The summed E-state index contributed by atoms with van der Waals surface area (Å²) < 4.78 is 0. The third kappa shape index (κ3) is 1.95. The molecule has 0 unspecified atom stereocenters. The third-order valence-electron chi connectivity index (χ3n) is 2.48. The minimum atomic E-state index is -0.818. The number of carboxylic acid groups (broad SMARTS) is 1. The van der Waals surface area contributed by atoms with Gasteiger partial charge >= 0.3 is 5.97 Å². The molecule has 1 rings (SSSR count). The molecule has 0 saturated heterocycles. The van der Waals surface area contributed by atoms with Crippen molar-refractivity contribution >= 4 is 5.97 Å². The highest BCUT2D eigenvalue weighted by Crippen LogP contribution is 2.18. The summed E-state index contributed by atoms with van der Waals surface area (Å²) in [6.07, 6.45) is 1.73. The van der Waals surface area contributed by atoms with E-state index in [2.05, 4.69) is 6.92 Å². The van der Waals surface area contributed by atoms with Crippen LogP contribution in [-0.2, 0) is 12.8 Å². The topological polar surface area (TPSA) is 37.3 Å². The highest BCUT2D eigenvalue weighted by Gasteiger charge is 2.12. The van der Waals surface area contributed by atoms with Gasteiger partial charge in [0.1, 0.15) is 0 Å². The van der Waals surface area contributed by atoms with E-state index in [-0.39, 0.29) is 0 Å². The molecule has 0 saturated carbocycles. The van der Waals surface area contributed by atoms with Gasteiger partial charge in [-0.05, 0) is 36.5 Å². The predicted molar refractivity (Wildman–Crippen MR) is 56.9 cm³/mol. The molecule has 0 spiro atoms. The highest BCUT2D eigenvalue weighted by molar-refractivity contribution is 5.91. The second-order valence-corrected chi connectivity index (χ2v) is 3.46. The van der Waals surface area contributed by atoms with E-state index in [4.69, 9.17) is 5.11 Å². The van der Waals surface area contributed by atoms with Gasteiger partial charge in [0, 0.05) is 0 Å². The number of aromatic carboxylic acids is 1. The SMILES string of the molecule is CCc1cc(C)c(C(=O)O)c(CC)c1. The van der Waals surface area contributed by atoms with Crippen LogP contribution in [-0.4, -0.2) is 11.1 Å². The molecular formula is C12H16O2. The maximum absolute atomic E-state index is 11.0. The smallest absolute Gasteiger partial charge is 0.336 e. The molecule has 0 atom stereocenters. The normalized spacial score (nSPS) is 10.2. The van der Waals surface area contributed by atoms with Crippen molar-refractivity contribution in [2.24, 2.45) is 0 Å². The minimum absolute atomic E-state index is 0.477. The molecule has 1 aromatic carbocycles. The van der Waals surface area contributed by atoms with Crippen LogP contribution in [0.3, 0.4) is 0 Å². The average Bonchev–Trinajstić information content (AvgIpc) is 2.15. The van der Waals surface area contributed by atoms with E-state index >= 15 is 0 Å². The Morgan fingerprint density at radius 3 is 2.36 bits per heavy atom. The Morgan fingerprint density at radius 1 is 1.29 bits per heavy atom. The van der Waals surface area contributed by atoms with Gasteiger partial charge in [0.2, 0.25) is 0 Å². The molecule has 0 amide bonds. The van der Waals surface area contributed by atoms with Crippen LogP contribution in [0.25, 0.3) is 0 Å². The quantitative estimate of drug-likeness (QED) is 0.799. The molecule has 0 aliphatic heterocycles. The summed E-state index contributed by atoms with van der Waals surface area (Å²) in [7, 11) is 0. The predicted octanol–water partition coefficient (Wildman–Crippen LogP) is 2.82. The molecule has 0 fully saturated rings. The standard InChI is InChI=1S/C12H16O2/c1-4-9-6-8(3)11(12(13)14)10(5-2)7-9/h6-7H,4-5H2,1-3H3,(H,13,14). The van der Waals surface area contributed by atoms with Gasteiger partial charge in [0.25, 0.3) is 0 Å². The fourth-order valence-electron chi connectivity index (χ4n) is 1.73. The van der Waals surface area contributed by atoms with Gasteiger partial charge in [-0.15, -0.1) is 0 Å². The molecule has 0 aliphatic carbocycles. The number of benzene rings is 1. The molecule has 2 heteroatoms. The zero-order valence-corrected chi connectivity index (χ0v) is 8.92. The van der Waals surface area contributed by atoms with Gasteiger partial charge in [-0.3, -0.25) is 0 Å². The summed E-state index contributed by atoms with van der Waals surface area (Å²) in [5.41, 5.74) is 3.50. The van der Waals surface area contributed by atoms with Gasteiger partial charge in [-0.25, -0.2) is 4.79 Å². The molecule has 2 nitrogen and oxygen atoms in total. The summed E-state index contributed by atoms with van der Waals surface area (Å²) in [5.74, 6) is -0.818. The van der Waals surface area contributed by atoms with Crippen LogP contribution in [0.15, 0.2) is 12.1 Å². The van der Waals surface area contributed by atoms with Crippen molar-refractivity contribution in [2.45, 2.75) is 33.6 Å². The van der Waals surface area contributed by atoms with Crippen molar-refractivity contribution in [2.75, 3.05) is 0 Å². The van der Waals surface area contributed by atoms with Crippen molar-refractivity contribution in [3.05, 3.63) is 34.4 Å². The molecule has 0 aliphatic rings. The Kier molecular flexibility index (Phi) is 3.28. The molecular weight excluding hydrogens is 176 g/mol. The van der Waals surface area contributed by atoms with Crippen LogP contribution in [0.4, 0.5) is 0 Å². The van der Waals surface area contributed by atoms with E-state index in [0.29, 0.717) is 5.56 Å². The van der Waals surface area contributed by atoms with Crippen LogP contribution >= 0.6 is 0 Å². The van der Waals surface area contributed by atoms with Gasteiger partial charge < -0.3 is 5.11 Å². The molecule has 1 aromatic rings. The summed E-state index contributed by atoms with van der Waals surface area (Å²) in [5, 5.41) is 9.04. The molecule has 0 radical (unpaired) electrons. The van der Waals surface area contributed by atoms with Gasteiger partial charge in [-0.2, -0.15) is 0 Å². The summed E-state index contributed by atoms with van der Waals surface area (Å²) in [6, 6.07) is 3.96. The number of rotatable bonds is 3. The van der Waals surface area contributed by atoms with Gasteiger partial charge in [0.15, 0.2) is 0 Å². The molecule has 0 aromatic heterocycles. The molecule has 14 heavy (non-hydrogen) atoms. The first-order valence-corrected chi connectivity index (χ1v) is 4.95. The van der Waals surface area contributed by atoms with E-state index in [1.165, 1.54) is 5.56 Å². The number of aryl methyl sites for hydroxylation is 3. The van der Waals surface area contributed by atoms with Crippen LogP contribution in [0.5, 0.6) is 0 Å². The van der Waals surface area contributed by atoms with Crippen LogP contribution in [0, 0.1) is 6.92 Å². The monoisotopic (exact) mass is 192 g/mol. The minimum Gasteiger partial charge on any atom is -0.478 e. The van der Waals surface area contributed by atoms with E-state index < -0.39 is 5.97 Å². The van der Waals surface area contributed by atoms with E-state index in [9.17, 15) is 4.79 Å². The number of hydrogen-bond donors (Lipinski definition) is 1. The van der Waals surface area contributed by atoms with Crippen molar-refractivity contribution in [3.8, 4) is 0 Å². The lowest BCUT2D eigenvalue weighted by Gasteiger charge is -2.09. The summed E-state index contributed by atoms with van der Waals surface area (Å²) in [6.45, 7) is 5.93. The molecule has 1 N–H and O–H groups in total.